The molecule has 1 aliphatic rings. The molecule has 1 N–H and O–H groups in total. The van der Waals surface area contributed by atoms with Gasteiger partial charge in [0.25, 0.3) is 0 Å². The molecule has 2 heteroatoms. The monoisotopic (exact) mass is 295 g/mol. The lowest BCUT2D eigenvalue weighted by Crippen LogP contribution is -2.35. The van der Waals surface area contributed by atoms with Crippen LogP contribution < -0.4 is 0 Å². The summed E-state index contributed by atoms with van der Waals surface area (Å²) >= 11 is 0. The van der Waals surface area contributed by atoms with Crippen LogP contribution in [0.1, 0.15) is 30.9 Å². The zero-order valence-electron chi connectivity index (χ0n) is 13.3. The second-order valence-corrected chi connectivity index (χ2v) is 6.65. The van der Waals surface area contributed by atoms with E-state index < -0.39 is 0 Å². The minimum Gasteiger partial charge on any atom is -0.393 e. The number of hydrogen-bond donors (Lipinski definition) is 1. The van der Waals surface area contributed by atoms with Gasteiger partial charge in [-0.05, 0) is 30.9 Å². The Labute approximate surface area is 133 Å². The Morgan fingerprint density at radius 2 is 1.36 bits per heavy atom. The fourth-order valence-corrected chi connectivity index (χ4v) is 3.16. The molecular weight excluding hydrogens is 270 g/mol. The lowest BCUT2D eigenvalue weighted by atomic mass is 9.99. The Balaban J connectivity index is 1.73. The third-order valence-corrected chi connectivity index (χ3v) is 4.81. The van der Waals surface area contributed by atoms with Gasteiger partial charge in [0.1, 0.15) is 0 Å². The summed E-state index contributed by atoms with van der Waals surface area (Å²) in [6.07, 6.45) is 2.07. The van der Waals surface area contributed by atoms with E-state index in [0.717, 1.165) is 32.5 Å². The van der Waals surface area contributed by atoms with Crippen LogP contribution in [0, 0.1) is 5.41 Å². The number of aliphatic hydroxyl groups excluding tert-OH is 1. The summed E-state index contributed by atoms with van der Waals surface area (Å²) in [5, 5.41) is 10.1. The molecule has 2 aromatic carbocycles. The maximum Gasteiger partial charge on any atom is 0.0580 e. The molecule has 2 nitrogen and oxygen atoms in total. The van der Waals surface area contributed by atoms with Crippen LogP contribution >= 0.6 is 0 Å². The van der Waals surface area contributed by atoms with Crippen molar-refractivity contribution in [2.45, 2.75) is 39.0 Å². The van der Waals surface area contributed by atoms with Gasteiger partial charge in [0.2, 0.25) is 0 Å². The van der Waals surface area contributed by atoms with E-state index in [2.05, 4.69) is 65.6 Å². The van der Waals surface area contributed by atoms with E-state index in [9.17, 15) is 5.11 Å². The molecule has 22 heavy (non-hydrogen) atoms. The molecular formula is C20H25NO. The molecule has 1 aliphatic carbocycles. The second kappa shape index (κ2) is 6.64. The summed E-state index contributed by atoms with van der Waals surface area (Å²) in [6, 6.07) is 21.2. The van der Waals surface area contributed by atoms with Gasteiger partial charge in [0.05, 0.1) is 6.10 Å². The average Bonchev–Trinajstić information content (AvgIpc) is 3.30. The van der Waals surface area contributed by atoms with Gasteiger partial charge >= 0.3 is 0 Å². The molecule has 0 spiro atoms. The third kappa shape index (κ3) is 3.76. The minimum absolute atomic E-state index is 0.115. The number of benzene rings is 2. The first-order chi connectivity index (χ1) is 10.7. The Morgan fingerprint density at radius 3 is 1.73 bits per heavy atom. The van der Waals surface area contributed by atoms with E-state index in [1.807, 2.05) is 6.92 Å². The second-order valence-electron chi connectivity index (χ2n) is 6.65. The van der Waals surface area contributed by atoms with Crippen LogP contribution in [0.5, 0.6) is 0 Å². The third-order valence-electron chi connectivity index (χ3n) is 4.81. The molecule has 1 atom stereocenters. The van der Waals surface area contributed by atoms with Crippen LogP contribution in [0.2, 0.25) is 0 Å². The maximum atomic E-state index is 10.1. The van der Waals surface area contributed by atoms with Crippen LogP contribution in [0.15, 0.2) is 60.7 Å². The Hall–Kier alpha value is -1.64. The van der Waals surface area contributed by atoms with Gasteiger partial charge in [-0.2, -0.15) is 0 Å². The number of aliphatic hydroxyl groups is 1. The molecule has 3 rings (SSSR count). The highest BCUT2D eigenvalue weighted by atomic mass is 16.3. The molecule has 0 amide bonds. The van der Waals surface area contributed by atoms with E-state index >= 15 is 0 Å². The van der Waals surface area contributed by atoms with E-state index in [1.165, 1.54) is 11.1 Å². The zero-order chi connectivity index (χ0) is 15.4. The van der Waals surface area contributed by atoms with Gasteiger partial charge in [-0.25, -0.2) is 0 Å². The van der Waals surface area contributed by atoms with Crippen LogP contribution in [0.4, 0.5) is 0 Å². The molecule has 2 aromatic rings. The molecule has 0 aromatic heterocycles. The van der Waals surface area contributed by atoms with Crippen molar-refractivity contribution < 1.29 is 5.11 Å². The van der Waals surface area contributed by atoms with Crippen LogP contribution in [-0.2, 0) is 13.1 Å². The summed E-state index contributed by atoms with van der Waals surface area (Å²) in [4.78, 5) is 2.48. The standard InChI is InChI=1S/C20H25NO/c1-17(22)20(12-13-20)16-21(14-18-8-4-2-5-9-18)15-19-10-6-3-7-11-19/h2-11,17,22H,12-16H2,1H3. The van der Waals surface area contributed by atoms with Crippen molar-refractivity contribution in [1.29, 1.82) is 0 Å². The van der Waals surface area contributed by atoms with Crippen LogP contribution in [0.25, 0.3) is 0 Å². The van der Waals surface area contributed by atoms with E-state index in [4.69, 9.17) is 0 Å². The number of hydrogen-bond acceptors (Lipinski definition) is 2. The molecule has 1 unspecified atom stereocenters. The molecule has 116 valence electrons. The molecule has 0 heterocycles. The Kier molecular flexibility index (Phi) is 4.60. The van der Waals surface area contributed by atoms with Gasteiger partial charge in [0, 0.05) is 25.0 Å². The molecule has 1 fully saturated rings. The first-order valence-electron chi connectivity index (χ1n) is 8.16. The quantitative estimate of drug-likeness (QED) is 0.838. The number of rotatable bonds is 7. The van der Waals surface area contributed by atoms with E-state index in [0.29, 0.717) is 0 Å². The first-order valence-corrected chi connectivity index (χ1v) is 8.16. The highest BCUT2D eigenvalue weighted by Crippen LogP contribution is 2.49. The van der Waals surface area contributed by atoms with Crippen molar-refractivity contribution in [2.75, 3.05) is 6.54 Å². The minimum atomic E-state index is -0.221. The summed E-state index contributed by atoms with van der Waals surface area (Å²) in [7, 11) is 0. The van der Waals surface area contributed by atoms with Crippen molar-refractivity contribution in [2.24, 2.45) is 5.41 Å². The zero-order valence-corrected chi connectivity index (χ0v) is 13.3. The maximum absolute atomic E-state index is 10.1. The SMILES string of the molecule is CC(O)C1(CN(Cc2ccccc2)Cc2ccccc2)CC1. The smallest absolute Gasteiger partial charge is 0.0580 e. The highest BCUT2D eigenvalue weighted by Gasteiger charge is 2.47. The van der Waals surface area contributed by atoms with Crippen molar-refractivity contribution in [3.8, 4) is 0 Å². The molecule has 0 bridgehead atoms. The Bertz CT molecular complexity index is 534. The van der Waals surface area contributed by atoms with E-state index in [-0.39, 0.29) is 11.5 Å². The number of nitrogens with zero attached hydrogens (tertiary/aromatic N) is 1. The molecule has 0 radical (unpaired) electrons. The fourth-order valence-electron chi connectivity index (χ4n) is 3.16. The summed E-state index contributed by atoms with van der Waals surface area (Å²) in [5.74, 6) is 0. The van der Waals surface area contributed by atoms with Crippen molar-refractivity contribution in [3.05, 3.63) is 71.8 Å². The largest absolute Gasteiger partial charge is 0.393 e. The first kappa shape index (κ1) is 15.3. The lowest BCUT2D eigenvalue weighted by Gasteiger charge is -2.29. The summed E-state index contributed by atoms with van der Waals surface area (Å²) in [6.45, 7) is 4.78. The van der Waals surface area contributed by atoms with Gasteiger partial charge in [-0.3, -0.25) is 4.90 Å². The van der Waals surface area contributed by atoms with Gasteiger partial charge in [-0.1, -0.05) is 60.7 Å². The summed E-state index contributed by atoms with van der Waals surface area (Å²) in [5.41, 5.74) is 2.78. The predicted octanol–water partition coefficient (Wildman–Crippen LogP) is 3.85. The molecule has 0 aliphatic heterocycles. The Morgan fingerprint density at radius 1 is 0.909 bits per heavy atom. The fraction of sp³-hybridized carbons (Fsp3) is 0.400. The predicted molar refractivity (Wildman–Crippen MR) is 90.3 cm³/mol. The van der Waals surface area contributed by atoms with Crippen molar-refractivity contribution in [1.82, 2.24) is 4.90 Å². The highest BCUT2D eigenvalue weighted by molar-refractivity contribution is 5.17. The van der Waals surface area contributed by atoms with Crippen molar-refractivity contribution >= 4 is 0 Å². The van der Waals surface area contributed by atoms with E-state index in [1.54, 1.807) is 0 Å². The lowest BCUT2D eigenvalue weighted by molar-refractivity contribution is 0.0720. The van der Waals surface area contributed by atoms with Crippen LogP contribution in [-0.4, -0.2) is 22.7 Å². The molecule has 1 saturated carbocycles. The van der Waals surface area contributed by atoms with Gasteiger partial charge in [0.15, 0.2) is 0 Å². The van der Waals surface area contributed by atoms with Gasteiger partial charge < -0.3 is 5.11 Å². The van der Waals surface area contributed by atoms with Crippen molar-refractivity contribution in [3.63, 3.8) is 0 Å². The normalized spacial score (nSPS) is 17.4. The van der Waals surface area contributed by atoms with Crippen LogP contribution in [0.3, 0.4) is 0 Å². The average molecular weight is 295 g/mol. The topological polar surface area (TPSA) is 23.5 Å². The summed E-state index contributed by atoms with van der Waals surface area (Å²) < 4.78 is 0. The van der Waals surface area contributed by atoms with Gasteiger partial charge in [-0.15, -0.1) is 0 Å². The molecule has 0 saturated heterocycles.